The molecule has 0 aliphatic heterocycles. The number of aromatic nitrogens is 4. The van der Waals surface area contributed by atoms with E-state index in [4.69, 9.17) is 4.98 Å². The van der Waals surface area contributed by atoms with Crippen LogP contribution >= 0.6 is 11.3 Å². The van der Waals surface area contributed by atoms with Gasteiger partial charge in [0.05, 0.1) is 16.6 Å². The van der Waals surface area contributed by atoms with Gasteiger partial charge in [-0.15, -0.1) is 11.3 Å². The quantitative estimate of drug-likeness (QED) is 0.488. The molecular weight excluding hydrogens is 356 g/mol. The monoisotopic (exact) mass is 374 g/mol. The normalized spacial score (nSPS) is 11.0. The predicted molar refractivity (Wildman–Crippen MR) is 107 cm³/mol. The van der Waals surface area contributed by atoms with E-state index >= 15 is 0 Å². The average molecular weight is 374 g/mol. The predicted octanol–water partition coefficient (Wildman–Crippen LogP) is 4.73. The molecule has 3 heterocycles. The summed E-state index contributed by atoms with van der Waals surface area (Å²) in [4.78, 5) is 29.3. The van der Waals surface area contributed by atoms with Crippen LogP contribution in [0, 0.1) is 0 Å². The smallest absolute Gasteiger partial charge is 0.139 e. The molecule has 0 N–H and O–H groups in total. The van der Waals surface area contributed by atoms with Gasteiger partial charge in [-0.2, -0.15) is 0 Å². The molecule has 0 amide bonds. The number of ketones is 1. The van der Waals surface area contributed by atoms with Crippen LogP contribution in [0.4, 0.5) is 0 Å². The van der Waals surface area contributed by atoms with Gasteiger partial charge in [0.2, 0.25) is 0 Å². The zero-order valence-electron chi connectivity index (χ0n) is 14.9. The number of hydrogen-bond acceptors (Lipinski definition) is 6. The van der Waals surface area contributed by atoms with Gasteiger partial charge in [-0.05, 0) is 30.2 Å². The van der Waals surface area contributed by atoms with Gasteiger partial charge in [-0.3, -0.25) is 9.78 Å². The van der Waals surface area contributed by atoms with Crippen LogP contribution in [0.5, 0.6) is 0 Å². The lowest BCUT2D eigenvalue weighted by atomic mass is 10.0. The van der Waals surface area contributed by atoms with Crippen LogP contribution in [-0.2, 0) is 11.2 Å². The summed E-state index contributed by atoms with van der Waals surface area (Å²) in [6, 6.07) is 8.12. The van der Waals surface area contributed by atoms with E-state index in [-0.39, 0.29) is 5.78 Å². The van der Waals surface area contributed by atoms with E-state index in [1.165, 1.54) is 6.33 Å². The van der Waals surface area contributed by atoms with E-state index in [0.29, 0.717) is 12.8 Å². The molecule has 0 fully saturated rings. The van der Waals surface area contributed by atoms with Crippen LogP contribution in [0.25, 0.3) is 32.5 Å². The molecule has 0 bridgehead atoms. The zero-order chi connectivity index (χ0) is 18.6. The number of pyridine rings is 1. The third kappa shape index (κ3) is 3.75. The lowest BCUT2D eigenvalue weighted by molar-refractivity contribution is -0.118. The Bertz CT molecular complexity index is 1080. The molecule has 0 aliphatic rings. The maximum Gasteiger partial charge on any atom is 0.139 e. The van der Waals surface area contributed by atoms with Gasteiger partial charge in [0.15, 0.2) is 0 Å². The molecule has 4 aromatic rings. The van der Waals surface area contributed by atoms with Crippen molar-refractivity contribution in [2.75, 3.05) is 0 Å². The second-order valence-electron chi connectivity index (χ2n) is 6.31. The van der Waals surface area contributed by atoms with Crippen LogP contribution in [0.3, 0.4) is 0 Å². The Kier molecular flexibility index (Phi) is 4.98. The molecule has 0 spiro atoms. The molecule has 0 aliphatic carbocycles. The summed E-state index contributed by atoms with van der Waals surface area (Å²) in [5.74, 6) is 0.233. The van der Waals surface area contributed by atoms with Gasteiger partial charge in [-0.25, -0.2) is 15.0 Å². The summed E-state index contributed by atoms with van der Waals surface area (Å²) >= 11 is 1.59. The standard InChI is InChI=1S/C21H18N4OS/c1-2-4-17(26)9-20-25-19-8-15(16-11-23-13-24-12-16)7-18(21(19)27-20)14-5-3-6-22-10-14/h3,5-8,10-13H,2,4,9H2,1H3. The Morgan fingerprint density at radius 2 is 1.85 bits per heavy atom. The Hall–Kier alpha value is -2.99. The van der Waals surface area contributed by atoms with Crippen molar-refractivity contribution < 1.29 is 4.79 Å². The van der Waals surface area contributed by atoms with Gasteiger partial charge >= 0.3 is 0 Å². The minimum absolute atomic E-state index is 0.233. The van der Waals surface area contributed by atoms with E-state index in [2.05, 4.69) is 21.0 Å². The first-order valence-electron chi connectivity index (χ1n) is 8.85. The highest BCUT2D eigenvalue weighted by Gasteiger charge is 2.15. The number of carbonyl (C=O) groups excluding carboxylic acids is 1. The molecule has 0 unspecified atom stereocenters. The van der Waals surface area contributed by atoms with Crippen LogP contribution in [0.15, 0.2) is 55.4 Å². The molecule has 0 radical (unpaired) electrons. The Morgan fingerprint density at radius 3 is 2.59 bits per heavy atom. The van der Waals surface area contributed by atoms with E-state index in [0.717, 1.165) is 43.9 Å². The molecule has 4 rings (SSSR count). The molecule has 5 nitrogen and oxygen atoms in total. The van der Waals surface area contributed by atoms with Gasteiger partial charge in [-0.1, -0.05) is 13.0 Å². The molecule has 1 aromatic carbocycles. The second kappa shape index (κ2) is 7.72. The number of nitrogens with zero attached hydrogens (tertiary/aromatic N) is 4. The fraction of sp³-hybridized carbons (Fsp3) is 0.190. The fourth-order valence-electron chi connectivity index (χ4n) is 3.04. The molecule has 6 heteroatoms. The first kappa shape index (κ1) is 17.4. The summed E-state index contributed by atoms with van der Waals surface area (Å²) in [5, 5.41) is 0.857. The van der Waals surface area contributed by atoms with Gasteiger partial charge < -0.3 is 0 Å². The highest BCUT2D eigenvalue weighted by Crippen LogP contribution is 2.37. The molecular formula is C21H18N4OS. The highest BCUT2D eigenvalue weighted by molar-refractivity contribution is 7.19. The summed E-state index contributed by atoms with van der Waals surface area (Å²) < 4.78 is 1.07. The number of Topliss-reactive ketones (excluding diaryl/α,β-unsaturated/α-hetero) is 1. The van der Waals surface area contributed by atoms with Crippen LogP contribution in [0.2, 0.25) is 0 Å². The number of hydrogen-bond donors (Lipinski definition) is 0. The van der Waals surface area contributed by atoms with Crippen molar-refractivity contribution in [2.45, 2.75) is 26.2 Å². The summed E-state index contributed by atoms with van der Waals surface area (Å²) in [6.07, 6.45) is 10.6. The molecule has 134 valence electrons. The zero-order valence-corrected chi connectivity index (χ0v) is 15.7. The first-order valence-corrected chi connectivity index (χ1v) is 9.67. The summed E-state index contributed by atoms with van der Waals surface area (Å²) in [6.45, 7) is 2.02. The molecule has 27 heavy (non-hydrogen) atoms. The molecule has 3 aromatic heterocycles. The lowest BCUT2D eigenvalue weighted by Crippen LogP contribution is -2.00. The van der Waals surface area contributed by atoms with E-state index in [1.807, 2.05) is 31.3 Å². The molecule has 0 saturated carbocycles. The van der Waals surface area contributed by atoms with Gasteiger partial charge in [0.25, 0.3) is 0 Å². The summed E-state index contributed by atoms with van der Waals surface area (Å²) in [5.41, 5.74) is 4.90. The van der Waals surface area contributed by atoms with Crippen LogP contribution < -0.4 is 0 Å². The molecule has 0 saturated heterocycles. The van der Waals surface area contributed by atoms with Gasteiger partial charge in [0.1, 0.15) is 17.1 Å². The van der Waals surface area contributed by atoms with Crippen LogP contribution in [0.1, 0.15) is 24.8 Å². The fourth-order valence-corrected chi connectivity index (χ4v) is 4.15. The number of benzene rings is 1. The largest absolute Gasteiger partial charge is 0.299 e. The van der Waals surface area contributed by atoms with E-state index in [1.54, 1.807) is 29.9 Å². The minimum atomic E-state index is 0.233. The van der Waals surface area contributed by atoms with E-state index in [9.17, 15) is 4.79 Å². The maximum absolute atomic E-state index is 12.1. The first-order chi connectivity index (χ1) is 13.2. The average Bonchev–Trinajstić information content (AvgIpc) is 3.11. The third-order valence-corrected chi connectivity index (χ3v) is 5.38. The van der Waals surface area contributed by atoms with Crippen molar-refractivity contribution >= 4 is 27.3 Å². The van der Waals surface area contributed by atoms with E-state index < -0.39 is 0 Å². The highest BCUT2D eigenvalue weighted by atomic mass is 32.1. The van der Waals surface area contributed by atoms with Crippen molar-refractivity contribution in [3.8, 4) is 22.3 Å². The maximum atomic E-state index is 12.1. The Morgan fingerprint density at radius 1 is 1.04 bits per heavy atom. The van der Waals surface area contributed by atoms with Crippen molar-refractivity contribution in [2.24, 2.45) is 0 Å². The number of thiazole rings is 1. The van der Waals surface area contributed by atoms with Crippen molar-refractivity contribution in [3.05, 3.63) is 60.4 Å². The number of fused-ring (bicyclic) bond motifs is 1. The number of rotatable bonds is 6. The topological polar surface area (TPSA) is 68.6 Å². The van der Waals surface area contributed by atoms with Crippen molar-refractivity contribution in [3.63, 3.8) is 0 Å². The Balaban J connectivity index is 1.86. The van der Waals surface area contributed by atoms with Crippen molar-refractivity contribution in [1.29, 1.82) is 0 Å². The SMILES string of the molecule is CCCC(=O)Cc1nc2cc(-c3cncnc3)cc(-c3cccnc3)c2s1. The third-order valence-electron chi connectivity index (χ3n) is 4.28. The lowest BCUT2D eigenvalue weighted by Gasteiger charge is -2.07. The number of carbonyl (C=O) groups is 1. The Labute approximate surface area is 161 Å². The van der Waals surface area contributed by atoms with Crippen molar-refractivity contribution in [1.82, 2.24) is 19.9 Å². The van der Waals surface area contributed by atoms with Gasteiger partial charge in [0, 0.05) is 47.9 Å². The minimum Gasteiger partial charge on any atom is -0.299 e. The molecule has 0 atom stereocenters. The summed E-state index contributed by atoms with van der Waals surface area (Å²) in [7, 11) is 0. The second-order valence-corrected chi connectivity index (χ2v) is 7.40. The van der Waals surface area contributed by atoms with Crippen LogP contribution in [-0.4, -0.2) is 25.7 Å².